The molecule has 0 aliphatic carbocycles. The van der Waals surface area contributed by atoms with Gasteiger partial charge in [0, 0.05) is 26.2 Å². The summed E-state index contributed by atoms with van der Waals surface area (Å²) in [5, 5.41) is 0.567. The molecule has 8 heteroatoms. The molecule has 0 bridgehead atoms. The number of benzene rings is 2. The summed E-state index contributed by atoms with van der Waals surface area (Å²) >= 11 is 0. The second kappa shape index (κ2) is 8.91. The molecule has 4 rings (SSSR count). The van der Waals surface area contributed by atoms with Crippen LogP contribution in [0, 0.1) is 13.8 Å². The Balaban J connectivity index is 1.53. The molecular formula is C26H34N4O3S. The van der Waals surface area contributed by atoms with Gasteiger partial charge < -0.3 is 4.98 Å². The van der Waals surface area contributed by atoms with E-state index in [1.807, 2.05) is 51.1 Å². The first-order valence-electron chi connectivity index (χ1n) is 11.7. The lowest BCUT2D eigenvalue weighted by atomic mass is 9.85. The van der Waals surface area contributed by atoms with E-state index in [1.165, 1.54) is 0 Å². The Hall–Kier alpha value is -2.55. The second-order valence-corrected chi connectivity index (χ2v) is 12.1. The van der Waals surface area contributed by atoms with Gasteiger partial charge in [-0.05, 0) is 55.0 Å². The molecule has 0 spiro atoms. The molecule has 1 aliphatic heterocycles. The molecule has 1 N–H and O–H groups in total. The fourth-order valence-corrected chi connectivity index (χ4v) is 6.56. The minimum atomic E-state index is -3.60. The Morgan fingerprint density at radius 2 is 1.59 bits per heavy atom. The summed E-state index contributed by atoms with van der Waals surface area (Å²) in [6.45, 7) is 14.1. The van der Waals surface area contributed by atoms with E-state index in [9.17, 15) is 13.2 Å². The minimum Gasteiger partial charge on any atom is -0.309 e. The largest absolute Gasteiger partial charge is 0.309 e. The van der Waals surface area contributed by atoms with Crippen molar-refractivity contribution in [2.45, 2.75) is 57.9 Å². The zero-order valence-corrected chi connectivity index (χ0v) is 21.7. The number of piperazine rings is 1. The van der Waals surface area contributed by atoms with Crippen LogP contribution in [-0.4, -0.2) is 53.8 Å². The number of fused-ring (bicyclic) bond motifs is 1. The Morgan fingerprint density at radius 3 is 2.18 bits per heavy atom. The third-order valence-electron chi connectivity index (χ3n) is 6.77. The standard InChI is InChI=1S/C26H34N4O3S/c1-17-15-20(26(4,5)6)16-18(2)23(17)34(32,33)30-13-11-29(12-14-30)19(3)24-27-22-10-8-7-9-21(22)25(31)28-24/h7-10,15-16,19H,11-14H2,1-6H3,(H,27,28,31). The predicted molar refractivity (Wildman–Crippen MR) is 136 cm³/mol. The summed E-state index contributed by atoms with van der Waals surface area (Å²) in [5.74, 6) is 0.601. The summed E-state index contributed by atoms with van der Waals surface area (Å²) in [4.78, 5) is 22.6. The molecule has 1 unspecified atom stereocenters. The Kier molecular flexibility index (Phi) is 6.44. The average molecular weight is 483 g/mol. The summed E-state index contributed by atoms with van der Waals surface area (Å²) < 4.78 is 28.7. The van der Waals surface area contributed by atoms with Crippen LogP contribution in [0.15, 0.2) is 46.1 Å². The Bertz CT molecular complexity index is 1360. The van der Waals surface area contributed by atoms with Gasteiger partial charge in [0.1, 0.15) is 5.82 Å². The fourth-order valence-electron chi connectivity index (χ4n) is 4.73. The molecule has 2 aromatic carbocycles. The van der Waals surface area contributed by atoms with Gasteiger partial charge in [0.25, 0.3) is 5.56 Å². The number of rotatable bonds is 4. The number of aryl methyl sites for hydroxylation is 2. The number of hydrogen-bond donors (Lipinski definition) is 1. The highest BCUT2D eigenvalue weighted by atomic mass is 32.2. The highest BCUT2D eigenvalue weighted by molar-refractivity contribution is 7.89. The van der Waals surface area contributed by atoms with Crippen molar-refractivity contribution in [1.29, 1.82) is 0 Å². The number of sulfonamides is 1. The summed E-state index contributed by atoms with van der Waals surface area (Å²) in [6, 6.07) is 11.2. The molecule has 0 saturated carbocycles. The normalized spacial score (nSPS) is 17.2. The minimum absolute atomic E-state index is 0.0443. The monoisotopic (exact) mass is 482 g/mol. The summed E-state index contributed by atoms with van der Waals surface area (Å²) in [6.07, 6.45) is 0. The van der Waals surface area contributed by atoms with Gasteiger partial charge in [-0.1, -0.05) is 45.0 Å². The van der Waals surface area contributed by atoms with Crippen LogP contribution in [0.4, 0.5) is 0 Å². The maximum Gasteiger partial charge on any atom is 0.258 e. The summed E-state index contributed by atoms with van der Waals surface area (Å²) in [7, 11) is -3.60. The van der Waals surface area contributed by atoms with Crippen LogP contribution in [0.1, 0.15) is 56.3 Å². The van der Waals surface area contributed by atoms with E-state index in [0.717, 1.165) is 16.7 Å². The van der Waals surface area contributed by atoms with Gasteiger partial charge >= 0.3 is 0 Å². The van der Waals surface area contributed by atoms with Crippen LogP contribution < -0.4 is 5.56 Å². The predicted octanol–water partition coefficient (Wildman–Crippen LogP) is 3.90. The number of hydrogen-bond acceptors (Lipinski definition) is 5. The van der Waals surface area contributed by atoms with Crippen LogP contribution >= 0.6 is 0 Å². The highest BCUT2D eigenvalue weighted by Crippen LogP contribution is 2.31. The van der Waals surface area contributed by atoms with Gasteiger partial charge in [0.15, 0.2) is 0 Å². The van der Waals surface area contributed by atoms with E-state index >= 15 is 0 Å². The van der Waals surface area contributed by atoms with Gasteiger partial charge in [0.05, 0.1) is 21.8 Å². The van der Waals surface area contributed by atoms with Crippen molar-refractivity contribution in [2.24, 2.45) is 0 Å². The molecule has 1 fully saturated rings. The van der Waals surface area contributed by atoms with Crippen LogP contribution in [0.25, 0.3) is 10.9 Å². The molecule has 3 aromatic rings. The topological polar surface area (TPSA) is 86.4 Å². The fraction of sp³-hybridized carbons (Fsp3) is 0.462. The van der Waals surface area contributed by atoms with Gasteiger partial charge in [-0.25, -0.2) is 13.4 Å². The van der Waals surface area contributed by atoms with Crippen molar-refractivity contribution in [2.75, 3.05) is 26.2 Å². The molecule has 1 aliphatic rings. The van der Waals surface area contributed by atoms with Crippen molar-refractivity contribution in [1.82, 2.24) is 19.2 Å². The van der Waals surface area contributed by atoms with Crippen molar-refractivity contribution in [3.05, 3.63) is 69.3 Å². The van der Waals surface area contributed by atoms with E-state index in [4.69, 9.17) is 0 Å². The number of nitrogens with one attached hydrogen (secondary N) is 1. The van der Waals surface area contributed by atoms with Crippen LogP contribution in [0.5, 0.6) is 0 Å². The number of H-pyrrole nitrogens is 1. The summed E-state index contributed by atoms with van der Waals surface area (Å²) in [5.41, 5.74) is 3.18. The first kappa shape index (κ1) is 24.6. The first-order chi connectivity index (χ1) is 15.9. The van der Waals surface area contributed by atoms with E-state index in [2.05, 4.69) is 35.6 Å². The lowest BCUT2D eigenvalue weighted by molar-refractivity contribution is 0.141. The maximum atomic E-state index is 13.6. The first-order valence-corrected chi connectivity index (χ1v) is 13.2. The maximum absolute atomic E-state index is 13.6. The third kappa shape index (κ3) is 4.54. The molecule has 34 heavy (non-hydrogen) atoms. The SMILES string of the molecule is Cc1cc(C(C)(C)C)cc(C)c1S(=O)(=O)N1CCN(C(C)c2nc3ccccc3c(=O)[nH]2)CC1. The lowest BCUT2D eigenvalue weighted by Crippen LogP contribution is -2.49. The molecule has 1 saturated heterocycles. The number of aromatic amines is 1. The van der Waals surface area contributed by atoms with Gasteiger partial charge in [-0.15, -0.1) is 0 Å². The van der Waals surface area contributed by atoms with E-state index in [0.29, 0.717) is 47.8 Å². The average Bonchev–Trinajstić information content (AvgIpc) is 2.77. The molecule has 0 radical (unpaired) electrons. The quantitative estimate of drug-likeness (QED) is 0.609. The van der Waals surface area contributed by atoms with Gasteiger partial charge in [0.2, 0.25) is 10.0 Å². The van der Waals surface area contributed by atoms with Crippen LogP contribution in [0.3, 0.4) is 0 Å². The van der Waals surface area contributed by atoms with E-state index in [-0.39, 0.29) is 17.0 Å². The van der Waals surface area contributed by atoms with Crippen molar-refractivity contribution in [3.8, 4) is 0 Å². The Morgan fingerprint density at radius 1 is 1.00 bits per heavy atom. The smallest absolute Gasteiger partial charge is 0.258 e. The number of para-hydroxylation sites is 1. The van der Waals surface area contributed by atoms with Gasteiger partial charge in [-0.3, -0.25) is 9.69 Å². The zero-order chi connectivity index (χ0) is 24.8. The van der Waals surface area contributed by atoms with Crippen molar-refractivity contribution < 1.29 is 8.42 Å². The lowest BCUT2D eigenvalue weighted by Gasteiger charge is -2.37. The van der Waals surface area contributed by atoms with Crippen LogP contribution in [0.2, 0.25) is 0 Å². The second-order valence-electron chi connectivity index (χ2n) is 10.3. The van der Waals surface area contributed by atoms with E-state index < -0.39 is 10.0 Å². The number of aromatic nitrogens is 2. The van der Waals surface area contributed by atoms with Crippen molar-refractivity contribution in [3.63, 3.8) is 0 Å². The molecule has 1 atom stereocenters. The molecule has 1 aromatic heterocycles. The molecule has 182 valence electrons. The zero-order valence-electron chi connectivity index (χ0n) is 20.8. The highest BCUT2D eigenvalue weighted by Gasteiger charge is 2.33. The third-order valence-corrected chi connectivity index (χ3v) is 8.98. The van der Waals surface area contributed by atoms with E-state index in [1.54, 1.807) is 10.4 Å². The molecular weight excluding hydrogens is 448 g/mol. The molecule has 0 amide bonds. The van der Waals surface area contributed by atoms with Gasteiger partial charge in [-0.2, -0.15) is 4.31 Å². The number of nitrogens with zero attached hydrogens (tertiary/aromatic N) is 3. The van der Waals surface area contributed by atoms with Crippen molar-refractivity contribution >= 4 is 20.9 Å². The molecule has 2 heterocycles. The Labute approximate surface area is 201 Å². The van der Waals surface area contributed by atoms with Crippen LogP contribution in [-0.2, 0) is 15.4 Å². The molecule has 7 nitrogen and oxygen atoms in total.